The monoisotopic (exact) mass is 623 g/mol. The molecule has 0 spiro atoms. The quantitative estimate of drug-likeness (QED) is 0.166. The molecule has 3 aromatic heterocycles. The maximum absolute atomic E-state index is 5.92. The van der Waals surface area contributed by atoms with Crippen molar-refractivity contribution < 1.29 is 4.74 Å². The standard InChI is InChI=1S/C19H24BrN5.C16H14O/c1-3-6-15(7-4-2)17-10-18(22-12-14-8-5-9-21-11-14)25-19(24-17)16(20)13-23-25;1-11(2)16-12-7-3-5-9-14(12)17-15-10-6-4-8-13(15)16/h5,8-11,13,15,22H,3-4,6-7,12H2,1-2H3;3-10,16H,1H2,2H3. The first kappa shape index (κ1) is 29.5. The van der Waals surface area contributed by atoms with E-state index in [2.05, 4.69) is 82.9 Å². The van der Waals surface area contributed by atoms with Gasteiger partial charge in [-0.3, -0.25) is 4.98 Å². The molecule has 0 saturated heterocycles. The van der Waals surface area contributed by atoms with Gasteiger partial charge in [0.2, 0.25) is 0 Å². The van der Waals surface area contributed by atoms with E-state index in [0.717, 1.165) is 70.0 Å². The number of fused-ring (bicyclic) bond motifs is 3. The van der Waals surface area contributed by atoms with Crippen LogP contribution in [0.15, 0.2) is 102 Å². The highest BCUT2D eigenvalue weighted by atomic mass is 79.9. The van der Waals surface area contributed by atoms with Crippen LogP contribution in [0.25, 0.3) is 5.65 Å². The maximum atomic E-state index is 5.92. The average molecular weight is 625 g/mol. The number of rotatable bonds is 9. The molecule has 6 nitrogen and oxygen atoms in total. The summed E-state index contributed by atoms with van der Waals surface area (Å²) in [5.74, 6) is 3.59. The highest BCUT2D eigenvalue weighted by Gasteiger charge is 2.26. The second-order valence-electron chi connectivity index (χ2n) is 10.7. The minimum Gasteiger partial charge on any atom is -0.457 e. The number of halogens is 1. The van der Waals surface area contributed by atoms with Gasteiger partial charge in [-0.2, -0.15) is 9.61 Å². The molecule has 0 atom stereocenters. The van der Waals surface area contributed by atoms with Crippen LogP contribution >= 0.6 is 15.9 Å². The van der Waals surface area contributed by atoms with Gasteiger partial charge in [0.25, 0.3) is 0 Å². The van der Waals surface area contributed by atoms with E-state index in [9.17, 15) is 0 Å². The van der Waals surface area contributed by atoms with Crippen LogP contribution in [0.1, 0.15) is 80.7 Å². The zero-order valence-electron chi connectivity index (χ0n) is 24.6. The molecule has 0 unspecified atom stereocenters. The van der Waals surface area contributed by atoms with Crippen molar-refractivity contribution in [2.24, 2.45) is 0 Å². The maximum Gasteiger partial charge on any atom is 0.171 e. The number of hydrogen-bond donors (Lipinski definition) is 1. The van der Waals surface area contributed by atoms with E-state index >= 15 is 0 Å². The van der Waals surface area contributed by atoms with E-state index < -0.39 is 0 Å². The van der Waals surface area contributed by atoms with Gasteiger partial charge in [-0.15, -0.1) is 0 Å². The van der Waals surface area contributed by atoms with Gasteiger partial charge < -0.3 is 10.1 Å². The number of allylic oxidation sites excluding steroid dienone is 1. The van der Waals surface area contributed by atoms with Crippen molar-refractivity contribution in [2.45, 2.75) is 64.8 Å². The molecule has 7 heteroatoms. The number of nitrogens with zero attached hydrogens (tertiary/aromatic N) is 4. The Morgan fingerprint density at radius 1 is 0.976 bits per heavy atom. The van der Waals surface area contributed by atoms with Gasteiger partial charge in [0.05, 0.1) is 10.7 Å². The molecule has 1 aliphatic heterocycles. The molecule has 42 heavy (non-hydrogen) atoms. The second-order valence-corrected chi connectivity index (χ2v) is 11.6. The predicted octanol–water partition coefficient (Wildman–Crippen LogP) is 9.68. The molecular weight excluding hydrogens is 586 g/mol. The lowest BCUT2D eigenvalue weighted by Crippen LogP contribution is -2.10. The van der Waals surface area contributed by atoms with Gasteiger partial charge in [-0.25, -0.2) is 4.98 Å². The highest BCUT2D eigenvalue weighted by molar-refractivity contribution is 9.10. The Kier molecular flexibility index (Phi) is 9.70. The zero-order chi connectivity index (χ0) is 29.5. The number of hydrogen-bond acceptors (Lipinski definition) is 5. The summed E-state index contributed by atoms with van der Waals surface area (Å²) in [6, 6.07) is 22.5. The molecule has 0 amide bonds. The molecule has 0 radical (unpaired) electrons. The van der Waals surface area contributed by atoms with Crippen molar-refractivity contribution in [2.75, 3.05) is 5.32 Å². The smallest absolute Gasteiger partial charge is 0.171 e. The fourth-order valence-electron chi connectivity index (χ4n) is 5.56. The zero-order valence-corrected chi connectivity index (χ0v) is 26.1. The van der Waals surface area contributed by atoms with Gasteiger partial charge >= 0.3 is 0 Å². The predicted molar refractivity (Wildman–Crippen MR) is 174 cm³/mol. The summed E-state index contributed by atoms with van der Waals surface area (Å²) in [6.45, 7) is 11.4. The number of anilines is 1. The van der Waals surface area contributed by atoms with Crippen LogP contribution in [0.2, 0.25) is 0 Å². The summed E-state index contributed by atoms with van der Waals surface area (Å²) in [4.78, 5) is 9.06. The van der Waals surface area contributed by atoms with E-state index in [-0.39, 0.29) is 5.92 Å². The van der Waals surface area contributed by atoms with E-state index in [1.54, 1.807) is 12.4 Å². The molecule has 6 rings (SSSR count). The summed E-state index contributed by atoms with van der Waals surface area (Å²) >= 11 is 3.57. The van der Waals surface area contributed by atoms with Crippen LogP contribution < -0.4 is 10.1 Å². The largest absolute Gasteiger partial charge is 0.457 e. The third-order valence-corrected chi connectivity index (χ3v) is 8.07. The number of ether oxygens (including phenoxy) is 1. The van der Waals surface area contributed by atoms with Crippen molar-refractivity contribution >= 4 is 27.4 Å². The van der Waals surface area contributed by atoms with Crippen molar-refractivity contribution in [3.05, 3.63) is 124 Å². The summed E-state index contributed by atoms with van der Waals surface area (Å²) in [5.41, 5.74) is 6.71. The lowest BCUT2D eigenvalue weighted by Gasteiger charge is -2.28. The fourth-order valence-corrected chi connectivity index (χ4v) is 5.91. The first-order valence-electron chi connectivity index (χ1n) is 14.7. The average Bonchev–Trinajstić information content (AvgIpc) is 3.39. The number of para-hydroxylation sites is 2. The number of nitrogens with one attached hydrogen (secondary N) is 1. The SMILES string of the molecule is C=C(C)C1c2ccccc2Oc2ccccc21.CCCC(CCC)c1cc(NCc2cccnc2)n2ncc(Br)c2n1. The highest BCUT2D eigenvalue weighted by Crippen LogP contribution is 2.46. The van der Waals surface area contributed by atoms with E-state index in [1.807, 2.05) is 53.2 Å². The topological polar surface area (TPSA) is 64.3 Å². The Bertz CT molecular complexity index is 1600. The lowest BCUT2D eigenvalue weighted by atomic mass is 9.84. The minimum atomic E-state index is 0.246. The van der Waals surface area contributed by atoms with Crippen molar-refractivity contribution in [3.63, 3.8) is 0 Å². The normalized spacial score (nSPS) is 12.2. The van der Waals surface area contributed by atoms with E-state index in [0.29, 0.717) is 12.5 Å². The number of pyridine rings is 1. The molecule has 4 heterocycles. The van der Waals surface area contributed by atoms with Gasteiger partial charge in [-0.1, -0.05) is 81.3 Å². The van der Waals surface area contributed by atoms with Crippen LogP contribution in [0.3, 0.4) is 0 Å². The van der Waals surface area contributed by atoms with Gasteiger partial charge in [0.15, 0.2) is 5.65 Å². The van der Waals surface area contributed by atoms with Gasteiger partial charge in [0, 0.05) is 53.7 Å². The Labute approximate surface area is 257 Å². The Morgan fingerprint density at radius 3 is 2.24 bits per heavy atom. The molecule has 216 valence electrons. The Hall–Kier alpha value is -3.97. The van der Waals surface area contributed by atoms with E-state index in [1.165, 1.54) is 11.1 Å². The number of aromatic nitrogens is 4. The molecule has 1 N–H and O–H groups in total. The van der Waals surface area contributed by atoms with Crippen LogP contribution in [0, 0.1) is 0 Å². The van der Waals surface area contributed by atoms with Crippen LogP contribution in [-0.2, 0) is 6.54 Å². The molecule has 5 aromatic rings. The summed E-state index contributed by atoms with van der Waals surface area (Å²) in [5, 5.41) is 7.95. The summed E-state index contributed by atoms with van der Waals surface area (Å²) in [7, 11) is 0. The lowest BCUT2D eigenvalue weighted by molar-refractivity contribution is 0.452. The second kappa shape index (κ2) is 13.8. The molecular formula is C35H38BrN5O. The summed E-state index contributed by atoms with van der Waals surface area (Å²) in [6.07, 6.45) is 10.1. The minimum absolute atomic E-state index is 0.246. The third kappa shape index (κ3) is 6.57. The number of benzene rings is 2. The Balaban J connectivity index is 0.000000180. The molecule has 0 aliphatic carbocycles. The molecule has 0 fully saturated rings. The fraction of sp³-hybridized carbons (Fsp3) is 0.286. The molecule has 1 aliphatic rings. The first-order valence-corrected chi connectivity index (χ1v) is 15.5. The summed E-state index contributed by atoms with van der Waals surface area (Å²) < 4.78 is 8.70. The van der Waals surface area contributed by atoms with Crippen LogP contribution in [0.5, 0.6) is 11.5 Å². The first-order chi connectivity index (χ1) is 20.5. The Morgan fingerprint density at radius 2 is 1.64 bits per heavy atom. The van der Waals surface area contributed by atoms with Crippen LogP contribution in [-0.4, -0.2) is 19.6 Å². The van der Waals surface area contributed by atoms with Crippen molar-refractivity contribution in [1.82, 2.24) is 19.6 Å². The van der Waals surface area contributed by atoms with Crippen LogP contribution in [0.4, 0.5) is 5.82 Å². The molecule has 0 bridgehead atoms. The third-order valence-electron chi connectivity index (χ3n) is 7.51. The van der Waals surface area contributed by atoms with Gasteiger partial charge in [-0.05, 0) is 59.5 Å². The molecule has 2 aromatic carbocycles. The molecule has 0 saturated carbocycles. The van der Waals surface area contributed by atoms with Crippen molar-refractivity contribution in [3.8, 4) is 11.5 Å². The van der Waals surface area contributed by atoms with Crippen molar-refractivity contribution in [1.29, 1.82) is 0 Å². The van der Waals surface area contributed by atoms with E-state index in [4.69, 9.17) is 9.72 Å². The van der Waals surface area contributed by atoms with Gasteiger partial charge in [0.1, 0.15) is 17.3 Å².